The molecule has 1 saturated heterocycles. The van der Waals surface area contributed by atoms with Crippen molar-refractivity contribution >= 4 is 17.7 Å². The van der Waals surface area contributed by atoms with Crippen molar-refractivity contribution in [3.63, 3.8) is 0 Å². The van der Waals surface area contributed by atoms with Gasteiger partial charge in [0, 0.05) is 24.0 Å². The maximum absolute atomic E-state index is 12.3. The fraction of sp³-hybridized carbons (Fsp3) is 0.458. The van der Waals surface area contributed by atoms with E-state index >= 15 is 0 Å². The number of hydrogen-bond donors (Lipinski definition) is 0. The second kappa shape index (κ2) is 9.64. The molecule has 1 unspecified atom stereocenters. The van der Waals surface area contributed by atoms with Crippen LogP contribution in [0.3, 0.4) is 0 Å². The Labute approximate surface area is 178 Å². The fourth-order valence-corrected chi connectivity index (χ4v) is 3.60. The Morgan fingerprint density at radius 3 is 2.31 bits per heavy atom. The SMILES string of the molecule is CC(C)(C)OC(=O)N1CCCC(COCc2ccc(-c3ccc(Cl)cc3)cc2)C1. The number of hydrogen-bond acceptors (Lipinski definition) is 3. The summed E-state index contributed by atoms with van der Waals surface area (Å²) in [6.45, 7) is 8.37. The lowest BCUT2D eigenvalue weighted by molar-refractivity contribution is 0.00593. The van der Waals surface area contributed by atoms with E-state index in [9.17, 15) is 4.79 Å². The van der Waals surface area contributed by atoms with Crippen molar-refractivity contribution < 1.29 is 14.3 Å². The van der Waals surface area contributed by atoms with Crippen LogP contribution in [0.4, 0.5) is 4.79 Å². The number of piperidine rings is 1. The summed E-state index contributed by atoms with van der Waals surface area (Å²) in [5, 5.41) is 0.742. The zero-order chi connectivity index (χ0) is 20.9. The zero-order valence-corrected chi connectivity index (χ0v) is 18.2. The van der Waals surface area contributed by atoms with Gasteiger partial charge in [0.2, 0.25) is 0 Å². The van der Waals surface area contributed by atoms with E-state index < -0.39 is 5.60 Å². The van der Waals surface area contributed by atoms with Crippen LogP contribution < -0.4 is 0 Å². The Balaban J connectivity index is 1.46. The lowest BCUT2D eigenvalue weighted by Crippen LogP contribution is -2.43. The third-order valence-corrected chi connectivity index (χ3v) is 5.18. The molecule has 0 aromatic heterocycles. The van der Waals surface area contributed by atoms with Crippen molar-refractivity contribution in [3.8, 4) is 11.1 Å². The summed E-state index contributed by atoms with van der Waals surface area (Å²) in [5.74, 6) is 0.351. The van der Waals surface area contributed by atoms with Gasteiger partial charge < -0.3 is 14.4 Å². The van der Waals surface area contributed by atoms with Crippen LogP contribution in [0.1, 0.15) is 39.2 Å². The molecule has 0 bridgehead atoms. The molecule has 1 heterocycles. The highest BCUT2D eigenvalue weighted by Crippen LogP contribution is 2.23. The summed E-state index contributed by atoms with van der Waals surface area (Å²) in [5.41, 5.74) is 2.98. The van der Waals surface area contributed by atoms with Gasteiger partial charge in [0.15, 0.2) is 0 Å². The lowest BCUT2D eigenvalue weighted by Gasteiger charge is -2.34. The second-order valence-electron chi connectivity index (χ2n) is 8.65. The van der Waals surface area contributed by atoms with E-state index in [1.165, 1.54) is 0 Å². The number of ether oxygens (including phenoxy) is 2. The predicted octanol–water partition coefficient (Wildman–Crippen LogP) is 6.17. The number of amides is 1. The molecule has 1 atom stereocenters. The minimum Gasteiger partial charge on any atom is -0.444 e. The first kappa shape index (κ1) is 21.7. The molecular formula is C24H30ClNO3. The van der Waals surface area contributed by atoms with Crippen LogP contribution >= 0.6 is 11.6 Å². The van der Waals surface area contributed by atoms with Gasteiger partial charge in [-0.3, -0.25) is 0 Å². The van der Waals surface area contributed by atoms with Gasteiger partial charge in [-0.2, -0.15) is 0 Å². The van der Waals surface area contributed by atoms with Gasteiger partial charge in [0.25, 0.3) is 0 Å². The van der Waals surface area contributed by atoms with Gasteiger partial charge in [-0.25, -0.2) is 4.79 Å². The number of halogens is 1. The topological polar surface area (TPSA) is 38.8 Å². The summed E-state index contributed by atoms with van der Waals surface area (Å²) in [7, 11) is 0. The molecule has 5 heteroatoms. The number of carbonyl (C=O) groups excluding carboxylic acids is 1. The van der Waals surface area contributed by atoms with E-state index in [1.807, 2.05) is 49.9 Å². The smallest absolute Gasteiger partial charge is 0.410 e. The van der Waals surface area contributed by atoms with Gasteiger partial charge in [-0.15, -0.1) is 0 Å². The normalized spacial score (nSPS) is 17.2. The molecule has 1 fully saturated rings. The van der Waals surface area contributed by atoms with E-state index in [1.54, 1.807) is 0 Å². The lowest BCUT2D eigenvalue weighted by atomic mass is 9.99. The molecule has 29 heavy (non-hydrogen) atoms. The van der Waals surface area contributed by atoms with Crippen LogP contribution in [0.5, 0.6) is 0 Å². The Hall–Kier alpha value is -2.04. The van der Waals surface area contributed by atoms with Gasteiger partial charge in [0.1, 0.15) is 5.60 Å². The third kappa shape index (κ3) is 6.76. The molecule has 0 saturated carbocycles. The molecular weight excluding hydrogens is 386 g/mol. The number of rotatable bonds is 5. The van der Waals surface area contributed by atoms with Crippen molar-refractivity contribution in [1.29, 1.82) is 0 Å². The summed E-state index contributed by atoms with van der Waals surface area (Å²) in [6.07, 6.45) is 1.85. The van der Waals surface area contributed by atoms with Crippen LogP contribution in [0.25, 0.3) is 11.1 Å². The fourth-order valence-electron chi connectivity index (χ4n) is 3.47. The first-order valence-electron chi connectivity index (χ1n) is 10.2. The van der Waals surface area contributed by atoms with Crippen molar-refractivity contribution in [1.82, 2.24) is 4.90 Å². The Morgan fingerprint density at radius 2 is 1.69 bits per heavy atom. The summed E-state index contributed by atoms with van der Waals surface area (Å²) in [4.78, 5) is 14.1. The highest BCUT2D eigenvalue weighted by atomic mass is 35.5. The van der Waals surface area contributed by atoms with Gasteiger partial charge >= 0.3 is 6.09 Å². The van der Waals surface area contributed by atoms with Crippen molar-refractivity contribution in [2.45, 2.75) is 45.8 Å². The molecule has 4 nitrogen and oxygen atoms in total. The molecule has 0 radical (unpaired) electrons. The second-order valence-corrected chi connectivity index (χ2v) is 9.09. The average molecular weight is 416 g/mol. The van der Waals surface area contributed by atoms with E-state index in [2.05, 4.69) is 24.3 Å². The number of carbonyl (C=O) groups is 1. The molecule has 1 amide bonds. The maximum Gasteiger partial charge on any atom is 0.410 e. The van der Waals surface area contributed by atoms with Crippen LogP contribution in [0, 0.1) is 5.92 Å². The Morgan fingerprint density at radius 1 is 1.07 bits per heavy atom. The molecule has 0 spiro atoms. The van der Waals surface area contributed by atoms with E-state index in [0.29, 0.717) is 25.7 Å². The highest BCUT2D eigenvalue weighted by molar-refractivity contribution is 6.30. The first-order chi connectivity index (χ1) is 13.8. The molecule has 1 aliphatic heterocycles. The van der Waals surface area contributed by atoms with Gasteiger partial charge in [-0.05, 0) is 62.4 Å². The zero-order valence-electron chi connectivity index (χ0n) is 17.5. The molecule has 156 valence electrons. The van der Waals surface area contributed by atoms with Crippen molar-refractivity contribution in [2.75, 3.05) is 19.7 Å². The largest absolute Gasteiger partial charge is 0.444 e. The Kier molecular flexibility index (Phi) is 7.20. The maximum atomic E-state index is 12.3. The standard InChI is InChI=1S/C24H30ClNO3/c1-24(2,3)29-23(27)26-14-4-5-19(15-26)17-28-16-18-6-8-20(9-7-18)21-10-12-22(25)13-11-21/h6-13,19H,4-5,14-17H2,1-3H3. The van der Waals surface area contributed by atoms with Crippen LogP contribution in [-0.2, 0) is 16.1 Å². The van der Waals surface area contributed by atoms with Crippen LogP contribution in [-0.4, -0.2) is 36.3 Å². The van der Waals surface area contributed by atoms with Crippen LogP contribution in [0.2, 0.25) is 5.02 Å². The summed E-state index contributed by atoms with van der Waals surface area (Å²) >= 11 is 5.95. The molecule has 2 aromatic rings. The van der Waals surface area contributed by atoms with Gasteiger partial charge in [0.05, 0.1) is 13.2 Å². The molecule has 3 rings (SSSR count). The molecule has 1 aliphatic rings. The Bertz CT molecular complexity index is 796. The van der Waals surface area contributed by atoms with E-state index in [4.69, 9.17) is 21.1 Å². The van der Waals surface area contributed by atoms with E-state index in [0.717, 1.165) is 41.1 Å². The molecule has 0 aliphatic carbocycles. The number of nitrogens with zero attached hydrogens (tertiary/aromatic N) is 1. The number of benzene rings is 2. The quantitative estimate of drug-likeness (QED) is 0.586. The van der Waals surface area contributed by atoms with Crippen molar-refractivity contribution in [2.24, 2.45) is 5.92 Å². The summed E-state index contributed by atoms with van der Waals surface area (Å²) in [6, 6.07) is 16.2. The highest BCUT2D eigenvalue weighted by Gasteiger charge is 2.27. The van der Waals surface area contributed by atoms with Gasteiger partial charge in [-0.1, -0.05) is 48.0 Å². The monoisotopic (exact) mass is 415 g/mol. The first-order valence-corrected chi connectivity index (χ1v) is 10.6. The minimum absolute atomic E-state index is 0.222. The van der Waals surface area contributed by atoms with E-state index in [-0.39, 0.29) is 6.09 Å². The van der Waals surface area contributed by atoms with Crippen molar-refractivity contribution in [3.05, 3.63) is 59.1 Å². The predicted molar refractivity (Wildman–Crippen MR) is 117 cm³/mol. The molecule has 0 N–H and O–H groups in total. The van der Waals surface area contributed by atoms with Crippen LogP contribution in [0.15, 0.2) is 48.5 Å². The number of likely N-dealkylation sites (tertiary alicyclic amines) is 1. The third-order valence-electron chi connectivity index (χ3n) is 4.92. The average Bonchev–Trinajstić information content (AvgIpc) is 2.68. The minimum atomic E-state index is -0.460. The summed E-state index contributed by atoms with van der Waals surface area (Å²) < 4.78 is 11.4. The molecule has 2 aromatic carbocycles.